The Labute approximate surface area is 299 Å². The molecule has 0 atom stereocenters. The highest BCUT2D eigenvalue weighted by atomic mass is 28.4. The number of hydrogen-bond donors (Lipinski definition) is 1. The van der Waals surface area contributed by atoms with Crippen molar-refractivity contribution in [2.24, 2.45) is 0 Å². The first-order valence-corrected chi connectivity index (χ1v) is 19.5. The molecule has 0 saturated carbocycles. The van der Waals surface area contributed by atoms with Gasteiger partial charge in [0.15, 0.2) is 14.1 Å². The van der Waals surface area contributed by atoms with Crippen LogP contribution in [0, 0.1) is 6.92 Å². The highest BCUT2D eigenvalue weighted by molar-refractivity contribution is 6.74. The number of methoxy groups -OCH3 is 1. The van der Waals surface area contributed by atoms with Crippen LogP contribution >= 0.6 is 0 Å². The van der Waals surface area contributed by atoms with Crippen LogP contribution in [0.1, 0.15) is 48.7 Å². The highest BCUT2D eigenvalue weighted by Gasteiger charge is 2.39. The number of rotatable bonds is 11. The maximum absolute atomic E-state index is 14.2. The van der Waals surface area contributed by atoms with Crippen LogP contribution in [0.5, 0.6) is 5.75 Å². The lowest BCUT2D eigenvalue weighted by molar-refractivity contribution is -0.142. The largest absolute Gasteiger partial charge is 0.497 e. The summed E-state index contributed by atoms with van der Waals surface area (Å²) in [7, 11) is -0.672. The number of ether oxygens (including phenoxy) is 1. The third-order valence-electron chi connectivity index (χ3n) is 9.48. The Hall–Kier alpha value is -4.57. The first kappa shape index (κ1) is 38.7. The zero-order chi connectivity index (χ0) is 38.2. The highest BCUT2D eigenvalue weighted by Crippen LogP contribution is 2.41. The SMILES string of the molecule is COc1ccc(CN2CCN(c3ccn(-c4cc(C)nc(Nc5ccc(C(F)(F)F)cc5C(F)(F)F)c4CCO[Si](C)(C)C(C)(C)C)n3)C2=O)cc1. The van der Waals surface area contributed by atoms with Crippen molar-refractivity contribution in [1.29, 1.82) is 0 Å². The number of pyridine rings is 1. The van der Waals surface area contributed by atoms with Gasteiger partial charge < -0.3 is 19.4 Å². The average Bonchev–Trinajstić information content (AvgIpc) is 3.67. The number of aryl methyl sites for hydroxylation is 1. The van der Waals surface area contributed by atoms with Gasteiger partial charge in [0, 0.05) is 56.2 Å². The summed E-state index contributed by atoms with van der Waals surface area (Å²) in [5.74, 6) is 1.09. The smallest absolute Gasteiger partial charge is 0.418 e. The zero-order valence-electron chi connectivity index (χ0n) is 30.0. The molecule has 16 heteroatoms. The Morgan fingerprint density at radius 2 is 1.62 bits per heavy atom. The molecule has 0 unspecified atom stereocenters. The van der Waals surface area contributed by atoms with Gasteiger partial charge in [-0.15, -0.1) is 5.10 Å². The van der Waals surface area contributed by atoms with E-state index < -0.39 is 37.5 Å². The first-order chi connectivity index (χ1) is 24.2. The Bertz CT molecular complexity index is 1900. The number of benzene rings is 2. The number of alkyl halides is 6. The summed E-state index contributed by atoms with van der Waals surface area (Å²) < 4.78 is 95.9. The van der Waals surface area contributed by atoms with Crippen molar-refractivity contribution >= 4 is 31.7 Å². The number of anilines is 3. The lowest BCUT2D eigenvalue weighted by atomic mass is 10.1. The second-order valence-electron chi connectivity index (χ2n) is 14.2. The molecule has 4 aromatic rings. The third-order valence-corrected chi connectivity index (χ3v) is 14.0. The predicted octanol–water partition coefficient (Wildman–Crippen LogP) is 9.37. The number of carbonyl (C=O) groups is 1. The van der Waals surface area contributed by atoms with Crippen molar-refractivity contribution < 1.29 is 40.3 Å². The Morgan fingerprint density at radius 3 is 2.23 bits per heavy atom. The van der Waals surface area contributed by atoms with Gasteiger partial charge in [0.1, 0.15) is 11.6 Å². The number of amides is 2. The van der Waals surface area contributed by atoms with E-state index >= 15 is 0 Å². The van der Waals surface area contributed by atoms with Gasteiger partial charge in [-0.3, -0.25) is 4.90 Å². The van der Waals surface area contributed by atoms with Crippen LogP contribution in [0.15, 0.2) is 60.8 Å². The second-order valence-corrected chi connectivity index (χ2v) is 19.0. The number of urea groups is 1. The summed E-state index contributed by atoms with van der Waals surface area (Å²) in [6.45, 7) is 13.5. The number of halogens is 6. The standard InChI is InChI=1S/C36H42F6N6O3Si/c1-23-20-30(48-16-14-31(45-48)47-18-17-46(33(47)49)22-24-8-11-26(50-5)12-9-24)27(15-19-51-52(6,7)34(2,3)4)32(43-23)44-29-13-10-25(35(37,38)39)21-28(29)36(40,41)42/h8-14,16,20-21H,15,17-19,22H2,1-7H3,(H,43,44). The first-order valence-electron chi connectivity index (χ1n) is 16.6. The molecule has 9 nitrogen and oxygen atoms in total. The van der Waals surface area contributed by atoms with Gasteiger partial charge in [-0.05, 0) is 67.0 Å². The molecule has 3 heterocycles. The van der Waals surface area contributed by atoms with Crippen molar-refractivity contribution in [3.05, 3.63) is 88.7 Å². The predicted molar refractivity (Wildman–Crippen MR) is 189 cm³/mol. The molecular formula is C36H42F6N6O3Si. The monoisotopic (exact) mass is 748 g/mol. The van der Waals surface area contributed by atoms with E-state index in [4.69, 9.17) is 14.3 Å². The summed E-state index contributed by atoms with van der Waals surface area (Å²) in [5, 5.41) is 7.28. The molecule has 2 aromatic heterocycles. The summed E-state index contributed by atoms with van der Waals surface area (Å²) in [6, 6.07) is 12.0. The second kappa shape index (κ2) is 14.4. The fourth-order valence-corrected chi connectivity index (χ4v) is 6.58. The van der Waals surface area contributed by atoms with Gasteiger partial charge >= 0.3 is 18.4 Å². The molecule has 1 N–H and O–H groups in total. The Morgan fingerprint density at radius 1 is 0.923 bits per heavy atom. The van der Waals surface area contributed by atoms with Crippen LogP contribution in [-0.4, -0.2) is 60.8 Å². The summed E-state index contributed by atoms with van der Waals surface area (Å²) in [5.41, 5.74) is -1.26. The summed E-state index contributed by atoms with van der Waals surface area (Å²) in [4.78, 5) is 21.2. The van der Waals surface area contributed by atoms with Gasteiger partial charge in [0.2, 0.25) is 0 Å². The van der Waals surface area contributed by atoms with Crippen LogP contribution in [0.2, 0.25) is 18.1 Å². The van der Waals surface area contributed by atoms with E-state index in [-0.39, 0.29) is 36.0 Å². The topological polar surface area (TPSA) is 84.8 Å². The normalized spacial score (nSPS) is 14.4. The number of aromatic nitrogens is 3. The number of carbonyl (C=O) groups excluding carboxylic acids is 1. The van der Waals surface area contributed by atoms with Crippen LogP contribution in [0.4, 0.5) is 48.5 Å². The minimum absolute atomic E-state index is 0.0130. The fraction of sp³-hybridized carbons (Fsp3) is 0.417. The van der Waals surface area contributed by atoms with E-state index in [1.807, 2.05) is 24.3 Å². The Kier molecular flexibility index (Phi) is 10.7. The van der Waals surface area contributed by atoms with E-state index in [0.29, 0.717) is 54.2 Å². The maximum Gasteiger partial charge on any atom is 0.418 e. The van der Waals surface area contributed by atoms with Gasteiger partial charge in [-0.1, -0.05) is 32.9 Å². The maximum atomic E-state index is 14.2. The molecule has 1 fully saturated rings. The van der Waals surface area contributed by atoms with Gasteiger partial charge in [0.25, 0.3) is 0 Å². The van der Waals surface area contributed by atoms with Crippen molar-refractivity contribution in [3.8, 4) is 11.4 Å². The minimum atomic E-state index is -5.09. The molecule has 2 amide bonds. The number of nitrogens with zero attached hydrogens (tertiary/aromatic N) is 5. The molecule has 0 bridgehead atoms. The van der Waals surface area contributed by atoms with Crippen molar-refractivity contribution in [2.45, 2.75) is 71.1 Å². The van der Waals surface area contributed by atoms with Crippen LogP contribution < -0.4 is 15.0 Å². The molecule has 1 aliphatic heterocycles. The van der Waals surface area contributed by atoms with Crippen LogP contribution in [-0.2, 0) is 29.7 Å². The molecule has 0 aliphatic carbocycles. The van der Waals surface area contributed by atoms with E-state index in [0.717, 1.165) is 11.6 Å². The van der Waals surface area contributed by atoms with Crippen LogP contribution in [0.3, 0.4) is 0 Å². The molecule has 1 saturated heterocycles. The third kappa shape index (κ3) is 8.55. The molecule has 280 valence electrons. The quantitative estimate of drug-likeness (QED) is 0.122. The molecular weight excluding hydrogens is 707 g/mol. The summed E-state index contributed by atoms with van der Waals surface area (Å²) >= 11 is 0. The van der Waals surface area contributed by atoms with E-state index in [1.165, 1.54) is 4.68 Å². The number of nitrogens with one attached hydrogen (secondary N) is 1. The van der Waals surface area contributed by atoms with Crippen molar-refractivity contribution in [1.82, 2.24) is 19.7 Å². The van der Waals surface area contributed by atoms with Crippen molar-refractivity contribution in [3.63, 3.8) is 0 Å². The molecule has 1 aliphatic rings. The van der Waals surface area contributed by atoms with E-state index in [9.17, 15) is 31.1 Å². The van der Waals surface area contributed by atoms with Gasteiger partial charge in [-0.25, -0.2) is 14.5 Å². The Balaban J connectivity index is 1.50. The number of hydrogen-bond acceptors (Lipinski definition) is 6. The molecule has 5 rings (SSSR count). The average molecular weight is 749 g/mol. The van der Waals surface area contributed by atoms with Crippen molar-refractivity contribution in [2.75, 3.05) is 37.0 Å². The van der Waals surface area contributed by atoms with Gasteiger partial charge in [0.05, 0.1) is 29.6 Å². The lowest BCUT2D eigenvalue weighted by Crippen LogP contribution is -2.41. The molecule has 2 aromatic carbocycles. The minimum Gasteiger partial charge on any atom is -0.497 e. The fourth-order valence-electron chi connectivity index (χ4n) is 5.54. The van der Waals surface area contributed by atoms with Crippen LogP contribution in [0.25, 0.3) is 5.69 Å². The van der Waals surface area contributed by atoms with Gasteiger partial charge in [-0.2, -0.15) is 26.3 Å². The zero-order valence-corrected chi connectivity index (χ0v) is 31.0. The molecule has 52 heavy (non-hydrogen) atoms. The van der Waals surface area contributed by atoms with E-state index in [2.05, 4.69) is 44.2 Å². The molecule has 0 radical (unpaired) electrons. The molecule has 0 spiro atoms. The summed E-state index contributed by atoms with van der Waals surface area (Å²) in [6.07, 6.45) is -8.24. The van der Waals surface area contributed by atoms with E-state index in [1.54, 1.807) is 42.2 Å². The lowest BCUT2D eigenvalue weighted by Gasteiger charge is -2.36.